The van der Waals surface area contributed by atoms with Gasteiger partial charge in [0.2, 0.25) is 0 Å². The number of carbonyl (C=O) groups is 2. The maximum Gasteiger partial charge on any atom is 1.00 e. The summed E-state index contributed by atoms with van der Waals surface area (Å²) in [5.41, 5.74) is -0.661. The van der Waals surface area contributed by atoms with Gasteiger partial charge in [-0.1, -0.05) is 35.8 Å². The second-order valence-electron chi connectivity index (χ2n) is 8.53. The van der Waals surface area contributed by atoms with E-state index in [-0.39, 0.29) is 116 Å². The first kappa shape index (κ1) is 40.1. The number of fused-ring (bicyclic) bond motifs is 1. The number of carboxylic acids is 1. The van der Waals surface area contributed by atoms with Crippen molar-refractivity contribution in [3.05, 3.63) is 77.4 Å². The molecule has 14 nitrogen and oxygen atoms in total. The van der Waals surface area contributed by atoms with Crippen LogP contribution < -0.4 is 109 Å². The monoisotopic (exact) mass is 667 g/mol. The minimum atomic E-state index is -5.01. The van der Waals surface area contributed by atoms with E-state index < -0.39 is 64.7 Å². The van der Waals surface area contributed by atoms with E-state index in [2.05, 4.69) is 15.5 Å². The average molecular weight is 668 g/mol. The fraction of sp³-hybridized carbons (Fsp3) is 0.0400. The van der Waals surface area contributed by atoms with Crippen molar-refractivity contribution in [3.8, 4) is 11.5 Å². The molecule has 44 heavy (non-hydrogen) atoms. The van der Waals surface area contributed by atoms with Gasteiger partial charge in [-0.3, -0.25) is 13.9 Å². The van der Waals surface area contributed by atoms with E-state index in [1.807, 2.05) is 0 Å². The Labute approximate surface area is 317 Å². The number of anilines is 1. The van der Waals surface area contributed by atoms with Crippen LogP contribution in [0.15, 0.2) is 80.7 Å². The number of carbonyl (C=O) groups excluding carboxylic acids is 2. The molecule has 0 unspecified atom stereocenters. The fourth-order valence-electron chi connectivity index (χ4n) is 3.74. The van der Waals surface area contributed by atoms with E-state index in [0.717, 1.165) is 30.3 Å². The molecular weight excluding hydrogens is 651 g/mol. The van der Waals surface area contributed by atoms with Crippen LogP contribution in [0.4, 0.5) is 17.1 Å². The average Bonchev–Trinajstić information content (AvgIpc) is 2.88. The third-order valence-electron chi connectivity index (χ3n) is 5.77. The summed E-state index contributed by atoms with van der Waals surface area (Å²) in [6, 6.07) is 10.5. The van der Waals surface area contributed by atoms with Crippen LogP contribution in [-0.4, -0.2) is 37.8 Å². The van der Waals surface area contributed by atoms with Gasteiger partial charge in [0.15, 0.2) is 0 Å². The van der Waals surface area contributed by atoms with Gasteiger partial charge in [0, 0.05) is 22.0 Å². The molecule has 4 aromatic carbocycles. The van der Waals surface area contributed by atoms with Gasteiger partial charge in [-0.05, 0) is 54.4 Å². The quantitative estimate of drug-likeness (QED) is 0.0949. The molecule has 0 saturated heterocycles. The van der Waals surface area contributed by atoms with Gasteiger partial charge >= 0.3 is 88.7 Å². The Morgan fingerprint density at radius 3 is 2.00 bits per heavy atom. The summed E-state index contributed by atoms with van der Waals surface area (Å²) < 4.78 is 66.4. The van der Waals surface area contributed by atoms with Crippen molar-refractivity contribution in [1.29, 1.82) is 0 Å². The molecule has 0 heterocycles. The molecule has 0 aliphatic carbocycles. The first-order valence-electron chi connectivity index (χ1n) is 11.1. The molecule has 0 atom stereocenters. The van der Waals surface area contributed by atoms with Crippen LogP contribution in [0.25, 0.3) is 10.8 Å². The third kappa shape index (κ3) is 9.10. The Morgan fingerprint density at radius 2 is 1.41 bits per heavy atom. The van der Waals surface area contributed by atoms with E-state index in [9.17, 15) is 50.8 Å². The first-order valence-corrected chi connectivity index (χ1v) is 14.0. The number of carboxylic acid groups (broad SMARTS) is 1. The molecule has 0 aliphatic heterocycles. The normalized spacial score (nSPS) is 11.2. The van der Waals surface area contributed by atoms with E-state index >= 15 is 0 Å². The van der Waals surface area contributed by atoms with Crippen LogP contribution in [0.2, 0.25) is 0 Å². The number of benzene rings is 4. The number of aryl methyl sites for hydroxylation is 1. The van der Waals surface area contributed by atoms with Crippen LogP contribution in [-0.2, 0) is 20.2 Å². The van der Waals surface area contributed by atoms with Crippen molar-refractivity contribution in [3.63, 3.8) is 0 Å². The third-order valence-corrected chi connectivity index (χ3v) is 7.49. The van der Waals surface area contributed by atoms with Gasteiger partial charge in [-0.2, -0.15) is 27.1 Å². The minimum Gasteiger partial charge on any atom is -0.872 e. The second kappa shape index (κ2) is 15.6. The zero-order valence-corrected chi connectivity index (χ0v) is 31.2. The van der Waals surface area contributed by atoms with E-state index in [1.165, 1.54) is 24.3 Å². The summed E-state index contributed by atoms with van der Waals surface area (Å²) >= 11 is 0. The predicted molar refractivity (Wildman–Crippen MR) is 137 cm³/mol. The molecule has 0 fully saturated rings. The van der Waals surface area contributed by atoms with Crippen LogP contribution >= 0.6 is 0 Å². The smallest absolute Gasteiger partial charge is 0.872 e. The molecular formula is C25H16N3Na3O11S2. The standard InChI is InChI=1S/C25H19N3O11S2.3Na/c1-12-2-3-13(24(31)26-14-4-6-20(29)18(9-14)25(32)33)8-19(12)27-28-23-17-10-15(40(34,35)36)11-22(41(37,38)39)16(17)5-7-21(23)30;;;/h2-11,29-30H,1H3,(H,26,31)(H,32,33)(H,34,35,36)(H,37,38,39);;;/q;3*+1/p-3. The van der Waals surface area contributed by atoms with Crippen LogP contribution in [0.1, 0.15) is 26.3 Å². The molecule has 4 aromatic rings. The van der Waals surface area contributed by atoms with Crippen LogP contribution in [0.3, 0.4) is 0 Å². The zero-order chi connectivity index (χ0) is 30.3. The number of hydrogen-bond acceptors (Lipinski definition) is 11. The van der Waals surface area contributed by atoms with Crippen molar-refractivity contribution < 1.29 is 140 Å². The van der Waals surface area contributed by atoms with Gasteiger partial charge in [0.25, 0.3) is 26.1 Å². The molecule has 0 bridgehead atoms. The molecule has 0 saturated carbocycles. The molecule has 0 radical (unpaired) electrons. The van der Waals surface area contributed by atoms with Crippen molar-refractivity contribution in [2.24, 2.45) is 10.2 Å². The summed E-state index contributed by atoms with van der Waals surface area (Å²) in [6.07, 6.45) is 0. The predicted octanol–water partition coefficient (Wildman–Crippen LogP) is -7.17. The molecule has 0 spiro atoms. The van der Waals surface area contributed by atoms with Crippen molar-refractivity contribution in [2.45, 2.75) is 16.7 Å². The van der Waals surface area contributed by atoms with Crippen LogP contribution in [0, 0.1) is 6.92 Å². The van der Waals surface area contributed by atoms with Gasteiger partial charge < -0.3 is 25.4 Å². The molecule has 0 aliphatic rings. The van der Waals surface area contributed by atoms with E-state index in [1.54, 1.807) is 6.92 Å². The summed E-state index contributed by atoms with van der Waals surface area (Å²) in [7, 11) is -9.99. The maximum absolute atomic E-state index is 12.8. The SMILES string of the molecule is Cc1ccc(C(=O)Nc2ccc([O-])c(C(=O)[O-])c2)cc1N=Nc1c([O-])ccc2c(S(=O)(=O)O)cc(S(=O)(=O)O)cc12.[Na+].[Na+].[Na+]. The van der Waals surface area contributed by atoms with Gasteiger partial charge in [0.1, 0.15) is 4.90 Å². The maximum atomic E-state index is 12.8. The molecule has 212 valence electrons. The molecule has 0 aromatic heterocycles. The number of aromatic carboxylic acids is 1. The molecule has 3 N–H and O–H groups in total. The summed E-state index contributed by atoms with van der Waals surface area (Å²) in [5.74, 6) is -4.07. The van der Waals surface area contributed by atoms with E-state index in [0.29, 0.717) is 11.6 Å². The number of nitrogens with zero attached hydrogens (tertiary/aromatic N) is 2. The van der Waals surface area contributed by atoms with Gasteiger partial charge in [0.05, 0.1) is 22.2 Å². The zero-order valence-electron chi connectivity index (χ0n) is 23.6. The molecule has 4 rings (SSSR count). The Balaban J connectivity index is 0.00000323. The summed E-state index contributed by atoms with van der Waals surface area (Å²) in [5, 5.41) is 44.9. The van der Waals surface area contributed by atoms with Crippen molar-refractivity contribution in [2.75, 3.05) is 5.32 Å². The Bertz CT molecular complexity index is 2020. The number of amides is 1. The second-order valence-corrected chi connectivity index (χ2v) is 11.3. The van der Waals surface area contributed by atoms with E-state index in [4.69, 9.17) is 0 Å². The minimum absolute atomic E-state index is 0. The Hall–Kier alpha value is -1.90. The van der Waals surface area contributed by atoms with Gasteiger partial charge in [-0.15, -0.1) is 0 Å². The number of rotatable bonds is 7. The Kier molecular flexibility index (Phi) is 14.2. The fourth-order valence-corrected chi connectivity index (χ4v) is 5.08. The summed E-state index contributed by atoms with van der Waals surface area (Å²) in [6.45, 7) is 1.59. The topological polar surface area (TPSA) is 249 Å². The largest absolute Gasteiger partial charge is 1.00 e. The Morgan fingerprint density at radius 1 is 0.773 bits per heavy atom. The van der Waals surface area contributed by atoms with Gasteiger partial charge in [-0.25, -0.2) is 0 Å². The number of hydrogen-bond donors (Lipinski definition) is 3. The number of azo groups is 1. The first-order chi connectivity index (χ1) is 19.1. The number of nitrogens with one attached hydrogen (secondary N) is 1. The van der Waals surface area contributed by atoms with Crippen LogP contribution in [0.5, 0.6) is 11.5 Å². The van der Waals surface area contributed by atoms with Crippen molar-refractivity contribution in [1.82, 2.24) is 0 Å². The summed E-state index contributed by atoms with van der Waals surface area (Å²) in [4.78, 5) is 22.0. The van der Waals surface area contributed by atoms with Crippen molar-refractivity contribution >= 4 is 59.9 Å². The molecule has 19 heteroatoms. The molecule has 1 amide bonds.